The Kier molecular flexibility index (Phi) is 5.21. The maximum Gasteiger partial charge on any atom is 0.270 e. The van der Waals surface area contributed by atoms with Gasteiger partial charge in [0.2, 0.25) is 11.8 Å². The zero-order valence-corrected chi connectivity index (χ0v) is 16.4. The molecule has 1 saturated carbocycles. The summed E-state index contributed by atoms with van der Waals surface area (Å²) in [6, 6.07) is 10.7. The summed E-state index contributed by atoms with van der Waals surface area (Å²) in [5, 5.41) is 19.8. The second kappa shape index (κ2) is 7.81. The van der Waals surface area contributed by atoms with Crippen LogP contribution in [0.2, 0.25) is 10.0 Å². The van der Waals surface area contributed by atoms with Gasteiger partial charge in [0.1, 0.15) is 0 Å². The van der Waals surface area contributed by atoms with E-state index in [-0.39, 0.29) is 34.8 Å². The Morgan fingerprint density at radius 1 is 1.17 bits per heavy atom. The number of halogens is 2. The molecule has 8 nitrogen and oxygen atoms in total. The number of benzene rings is 2. The van der Waals surface area contributed by atoms with Crippen LogP contribution < -0.4 is 0 Å². The number of carbonyl (C=O) groups excluding carboxylic acids is 1. The number of carbonyl (C=O) groups is 1. The Labute approximate surface area is 175 Å². The van der Waals surface area contributed by atoms with Crippen LogP contribution in [-0.4, -0.2) is 32.0 Å². The SMILES string of the molecule is O=C(c1cc([N+](=O)[O-])ccc1Cl)N(Cc1nnc(-c2ccc(Cl)cc2)o1)C1CC1. The molecule has 0 unspecified atom stereocenters. The molecule has 0 saturated heterocycles. The molecule has 4 rings (SSSR count). The predicted molar refractivity (Wildman–Crippen MR) is 106 cm³/mol. The van der Waals surface area contributed by atoms with Crippen LogP contribution in [0.4, 0.5) is 5.69 Å². The van der Waals surface area contributed by atoms with Crippen molar-refractivity contribution in [3.05, 3.63) is 74.1 Å². The van der Waals surface area contributed by atoms with Crippen molar-refractivity contribution in [3.63, 3.8) is 0 Å². The Morgan fingerprint density at radius 2 is 1.90 bits per heavy atom. The molecule has 10 heteroatoms. The van der Waals surface area contributed by atoms with Crippen LogP contribution in [0.3, 0.4) is 0 Å². The van der Waals surface area contributed by atoms with E-state index in [4.69, 9.17) is 27.6 Å². The van der Waals surface area contributed by atoms with Gasteiger partial charge < -0.3 is 9.32 Å². The molecule has 29 heavy (non-hydrogen) atoms. The van der Waals surface area contributed by atoms with E-state index in [1.165, 1.54) is 18.2 Å². The van der Waals surface area contributed by atoms with Crippen molar-refractivity contribution in [1.82, 2.24) is 15.1 Å². The third-order valence-corrected chi connectivity index (χ3v) is 5.08. The maximum atomic E-state index is 13.1. The summed E-state index contributed by atoms with van der Waals surface area (Å²) < 4.78 is 5.70. The van der Waals surface area contributed by atoms with E-state index in [0.29, 0.717) is 16.5 Å². The lowest BCUT2D eigenvalue weighted by Crippen LogP contribution is -2.33. The number of nitrogens with zero attached hydrogens (tertiary/aromatic N) is 4. The summed E-state index contributed by atoms with van der Waals surface area (Å²) in [6.45, 7) is 0.0864. The number of hydrogen-bond donors (Lipinski definition) is 0. The first-order valence-corrected chi connectivity index (χ1v) is 9.51. The molecule has 0 N–H and O–H groups in total. The Bertz CT molecular complexity index is 1080. The van der Waals surface area contributed by atoms with Gasteiger partial charge in [-0.15, -0.1) is 10.2 Å². The third-order valence-electron chi connectivity index (χ3n) is 4.50. The van der Waals surface area contributed by atoms with Crippen LogP contribution in [0, 0.1) is 10.1 Å². The molecular formula is C19H14Cl2N4O4. The third kappa shape index (κ3) is 4.23. The summed E-state index contributed by atoms with van der Waals surface area (Å²) in [5.74, 6) is 0.164. The number of amides is 1. The van der Waals surface area contributed by atoms with Crippen molar-refractivity contribution in [1.29, 1.82) is 0 Å². The summed E-state index contributed by atoms with van der Waals surface area (Å²) >= 11 is 12.0. The maximum absolute atomic E-state index is 13.1. The molecule has 1 aliphatic carbocycles. The summed E-state index contributed by atoms with van der Waals surface area (Å²) in [5.41, 5.74) is 0.584. The minimum Gasteiger partial charge on any atom is -0.419 e. The highest BCUT2D eigenvalue weighted by Crippen LogP contribution is 2.32. The van der Waals surface area contributed by atoms with Crippen molar-refractivity contribution >= 4 is 34.8 Å². The number of nitro groups is 1. The quantitative estimate of drug-likeness (QED) is 0.410. The van der Waals surface area contributed by atoms with Gasteiger partial charge in [0.05, 0.1) is 22.1 Å². The van der Waals surface area contributed by atoms with Crippen LogP contribution in [0.1, 0.15) is 29.1 Å². The topological polar surface area (TPSA) is 102 Å². The average molecular weight is 433 g/mol. The van der Waals surface area contributed by atoms with E-state index < -0.39 is 10.8 Å². The van der Waals surface area contributed by atoms with Gasteiger partial charge >= 0.3 is 0 Å². The Balaban J connectivity index is 1.58. The molecule has 148 valence electrons. The van der Waals surface area contributed by atoms with Gasteiger partial charge in [-0.25, -0.2) is 0 Å². The van der Waals surface area contributed by atoms with Gasteiger partial charge in [0, 0.05) is 28.8 Å². The zero-order valence-electron chi connectivity index (χ0n) is 14.9. The van der Waals surface area contributed by atoms with Crippen molar-refractivity contribution in [2.45, 2.75) is 25.4 Å². The molecule has 1 heterocycles. The Hall–Kier alpha value is -2.97. The molecule has 0 atom stereocenters. The summed E-state index contributed by atoms with van der Waals surface area (Å²) in [4.78, 5) is 25.1. The molecule has 0 spiro atoms. The lowest BCUT2D eigenvalue weighted by molar-refractivity contribution is -0.384. The Morgan fingerprint density at radius 3 is 2.55 bits per heavy atom. The molecule has 0 aliphatic heterocycles. The van der Waals surface area contributed by atoms with Crippen LogP contribution in [0.5, 0.6) is 0 Å². The van der Waals surface area contributed by atoms with E-state index in [2.05, 4.69) is 10.2 Å². The zero-order chi connectivity index (χ0) is 20.5. The second-order valence-corrected chi connectivity index (χ2v) is 7.44. The minimum atomic E-state index is -0.565. The molecule has 0 bridgehead atoms. The highest BCUT2D eigenvalue weighted by molar-refractivity contribution is 6.34. The molecule has 2 aromatic carbocycles. The first-order chi connectivity index (χ1) is 13.9. The van der Waals surface area contributed by atoms with Crippen molar-refractivity contribution in [3.8, 4) is 11.5 Å². The normalized spacial score (nSPS) is 13.3. The fraction of sp³-hybridized carbons (Fsp3) is 0.211. The lowest BCUT2D eigenvalue weighted by Gasteiger charge is -2.21. The first kappa shape index (κ1) is 19.4. The van der Waals surface area contributed by atoms with Crippen molar-refractivity contribution in [2.75, 3.05) is 0 Å². The molecule has 1 fully saturated rings. The van der Waals surface area contributed by atoms with E-state index in [9.17, 15) is 14.9 Å². The standard InChI is InChI=1S/C19H14Cl2N4O4/c20-12-3-1-11(2-4-12)18-23-22-17(29-18)10-24(13-5-6-13)19(26)15-9-14(25(27)28)7-8-16(15)21/h1-4,7-9,13H,5-6,10H2. The molecule has 0 radical (unpaired) electrons. The molecule has 1 aromatic heterocycles. The van der Waals surface area contributed by atoms with Crippen LogP contribution in [0.25, 0.3) is 11.5 Å². The van der Waals surface area contributed by atoms with Gasteiger partial charge in [-0.05, 0) is 43.2 Å². The second-order valence-electron chi connectivity index (χ2n) is 6.59. The highest BCUT2D eigenvalue weighted by Gasteiger charge is 2.35. The summed E-state index contributed by atoms with van der Waals surface area (Å²) in [6.07, 6.45) is 1.66. The van der Waals surface area contributed by atoms with Crippen molar-refractivity contribution < 1.29 is 14.1 Å². The van der Waals surface area contributed by atoms with E-state index in [1.807, 2.05) is 0 Å². The molecule has 1 amide bonds. The molecule has 3 aromatic rings. The van der Waals surface area contributed by atoms with Crippen LogP contribution >= 0.6 is 23.2 Å². The van der Waals surface area contributed by atoms with Crippen LogP contribution in [0.15, 0.2) is 46.9 Å². The lowest BCUT2D eigenvalue weighted by atomic mass is 10.1. The number of hydrogen-bond acceptors (Lipinski definition) is 6. The van der Waals surface area contributed by atoms with E-state index in [1.54, 1.807) is 29.2 Å². The van der Waals surface area contributed by atoms with Crippen molar-refractivity contribution in [2.24, 2.45) is 0 Å². The average Bonchev–Trinajstić information content (AvgIpc) is 3.44. The van der Waals surface area contributed by atoms with E-state index >= 15 is 0 Å². The fourth-order valence-electron chi connectivity index (χ4n) is 2.87. The smallest absolute Gasteiger partial charge is 0.270 e. The van der Waals surface area contributed by atoms with Gasteiger partial charge in [-0.3, -0.25) is 14.9 Å². The largest absolute Gasteiger partial charge is 0.419 e. The molecular weight excluding hydrogens is 419 g/mol. The first-order valence-electron chi connectivity index (χ1n) is 8.75. The molecule has 1 aliphatic rings. The minimum absolute atomic E-state index is 0.00344. The van der Waals surface area contributed by atoms with Gasteiger partial charge in [-0.1, -0.05) is 23.2 Å². The van der Waals surface area contributed by atoms with E-state index in [0.717, 1.165) is 12.8 Å². The number of nitro benzene ring substituents is 1. The number of aromatic nitrogens is 2. The highest BCUT2D eigenvalue weighted by atomic mass is 35.5. The number of rotatable bonds is 6. The van der Waals surface area contributed by atoms with Gasteiger partial charge in [-0.2, -0.15) is 0 Å². The van der Waals surface area contributed by atoms with Gasteiger partial charge in [0.25, 0.3) is 11.6 Å². The summed E-state index contributed by atoms with van der Waals surface area (Å²) in [7, 11) is 0. The van der Waals surface area contributed by atoms with Gasteiger partial charge in [0.15, 0.2) is 0 Å². The monoisotopic (exact) mass is 432 g/mol. The number of non-ortho nitro benzene ring substituents is 1. The predicted octanol–water partition coefficient (Wildman–Crippen LogP) is 4.76. The van der Waals surface area contributed by atoms with Crippen LogP contribution in [-0.2, 0) is 6.54 Å². The fourth-order valence-corrected chi connectivity index (χ4v) is 3.20.